The van der Waals surface area contributed by atoms with E-state index in [0.717, 1.165) is 30.4 Å². The molecule has 0 bridgehead atoms. The van der Waals surface area contributed by atoms with Gasteiger partial charge in [0.1, 0.15) is 0 Å². The van der Waals surface area contributed by atoms with Crippen LogP contribution in [0.5, 0.6) is 0 Å². The second-order valence-corrected chi connectivity index (χ2v) is 7.18. The zero-order chi connectivity index (χ0) is 14.3. The summed E-state index contributed by atoms with van der Waals surface area (Å²) in [6.07, 6.45) is 0.433. The lowest BCUT2D eigenvalue weighted by atomic mass is 10.0. The molecule has 0 aromatic heterocycles. The van der Waals surface area contributed by atoms with E-state index < -0.39 is 0 Å². The number of benzene rings is 2. The number of amides is 1. The Bertz CT molecular complexity index is 704. The van der Waals surface area contributed by atoms with Gasteiger partial charge in [-0.3, -0.25) is 4.79 Å². The minimum atomic E-state index is -0.222. The number of carbonyl (C=O) groups excluding carboxylic acids is 1. The molecular weight excluding hydrogens is 452 g/mol. The van der Waals surface area contributed by atoms with Crippen LogP contribution < -0.4 is 5.32 Å². The highest BCUT2D eigenvalue weighted by Crippen LogP contribution is 2.36. The normalized spacial score (nSPS) is 14.8. The van der Waals surface area contributed by atoms with Crippen LogP contribution in [0.3, 0.4) is 0 Å². The van der Waals surface area contributed by atoms with Crippen molar-refractivity contribution in [1.29, 1.82) is 0 Å². The first-order chi connectivity index (χ1) is 9.54. The second-order valence-electron chi connectivity index (χ2n) is 4.67. The highest BCUT2D eigenvalue weighted by molar-refractivity contribution is 14.1. The Labute approximate surface area is 144 Å². The first kappa shape index (κ1) is 14.4. The standard InChI is InChI=1S/C15H10BrClINO/c16-10-2-3-12(18)11(7-10)15(17)8-1-4-13-9(5-8)6-14(20)19-13/h1-5,7,15H,6H2,(H,19,20). The Morgan fingerprint density at radius 1 is 1.25 bits per heavy atom. The molecular formula is C15H10BrClINO. The van der Waals surface area contributed by atoms with Gasteiger partial charge >= 0.3 is 0 Å². The third kappa shape index (κ3) is 2.73. The van der Waals surface area contributed by atoms with Crippen molar-refractivity contribution >= 4 is 61.7 Å². The van der Waals surface area contributed by atoms with E-state index in [-0.39, 0.29) is 11.3 Å². The van der Waals surface area contributed by atoms with Crippen LogP contribution in [0.2, 0.25) is 0 Å². The van der Waals surface area contributed by atoms with Gasteiger partial charge in [0, 0.05) is 13.7 Å². The number of anilines is 1. The lowest BCUT2D eigenvalue weighted by Gasteiger charge is -2.14. The minimum absolute atomic E-state index is 0.0420. The molecule has 0 spiro atoms. The van der Waals surface area contributed by atoms with E-state index in [4.69, 9.17) is 11.6 Å². The molecule has 1 N–H and O–H groups in total. The van der Waals surface area contributed by atoms with Gasteiger partial charge in [-0.1, -0.05) is 28.1 Å². The lowest BCUT2D eigenvalue weighted by molar-refractivity contribution is -0.115. The quantitative estimate of drug-likeness (QED) is 0.501. The maximum absolute atomic E-state index is 11.4. The van der Waals surface area contributed by atoms with E-state index in [1.807, 2.05) is 36.4 Å². The van der Waals surface area contributed by atoms with Gasteiger partial charge in [-0.25, -0.2) is 0 Å². The average Bonchev–Trinajstić information content (AvgIpc) is 2.79. The summed E-state index contributed by atoms with van der Waals surface area (Å²) >= 11 is 12.4. The maximum Gasteiger partial charge on any atom is 0.228 e. The number of halogens is 3. The van der Waals surface area contributed by atoms with Gasteiger partial charge in [-0.2, -0.15) is 0 Å². The molecule has 1 heterocycles. The summed E-state index contributed by atoms with van der Waals surface area (Å²) in [4.78, 5) is 11.4. The molecule has 20 heavy (non-hydrogen) atoms. The van der Waals surface area contributed by atoms with Crippen molar-refractivity contribution in [3.8, 4) is 0 Å². The molecule has 1 aliphatic rings. The van der Waals surface area contributed by atoms with Crippen molar-refractivity contribution in [2.24, 2.45) is 0 Å². The lowest BCUT2D eigenvalue weighted by Crippen LogP contribution is -2.03. The van der Waals surface area contributed by atoms with Gasteiger partial charge in [-0.15, -0.1) is 11.6 Å². The number of hydrogen-bond donors (Lipinski definition) is 1. The highest BCUT2D eigenvalue weighted by Gasteiger charge is 2.21. The molecule has 5 heteroatoms. The summed E-state index contributed by atoms with van der Waals surface area (Å²) in [6, 6.07) is 12.0. The third-order valence-electron chi connectivity index (χ3n) is 3.28. The highest BCUT2D eigenvalue weighted by atomic mass is 127. The molecule has 0 radical (unpaired) electrons. The summed E-state index contributed by atoms with van der Waals surface area (Å²) < 4.78 is 2.14. The van der Waals surface area contributed by atoms with Gasteiger partial charge in [0.05, 0.1) is 11.8 Å². The average molecular weight is 463 g/mol. The van der Waals surface area contributed by atoms with Gasteiger partial charge in [0.2, 0.25) is 5.91 Å². The van der Waals surface area contributed by atoms with Crippen molar-refractivity contribution in [3.63, 3.8) is 0 Å². The van der Waals surface area contributed by atoms with Crippen LogP contribution in [0, 0.1) is 3.57 Å². The largest absolute Gasteiger partial charge is 0.326 e. The van der Waals surface area contributed by atoms with Crippen molar-refractivity contribution in [1.82, 2.24) is 0 Å². The Kier molecular flexibility index (Phi) is 4.06. The van der Waals surface area contributed by atoms with Crippen LogP contribution in [-0.2, 0) is 11.2 Å². The van der Waals surface area contributed by atoms with Gasteiger partial charge in [0.25, 0.3) is 0 Å². The zero-order valence-corrected chi connectivity index (χ0v) is 14.8. The molecule has 1 unspecified atom stereocenters. The van der Waals surface area contributed by atoms with Crippen LogP contribution in [0.25, 0.3) is 0 Å². The summed E-state index contributed by atoms with van der Waals surface area (Å²) in [5.74, 6) is 0.0420. The van der Waals surface area contributed by atoms with Crippen LogP contribution in [0.15, 0.2) is 40.9 Å². The molecule has 3 rings (SSSR count). The Balaban J connectivity index is 1.99. The number of hydrogen-bond acceptors (Lipinski definition) is 1. The number of carbonyl (C=O) groups is 1. The van der Waals surface area contributed by atoms with Gasteiger partial charge in [0.15, 0.2) is 0 Å². The van der Waals surface area contributed by atoms with E-state index >= 15 is 0 Å². The summed E-state index contributed by atoms with van der Waals surface area (Å²) in [5.41, 5.74) is 3.99. The topological polar surface area (TPSA) is 29.1 Å². The molecule has 0 saturated heterocycles. The predicted molar refractivity (Wildman–Crippen MR) is 93.3 cm³/mol. The van der Waals surface area contributed by atoms with Crippen molar-refractivity contribution in [2.75, 3.05) is 5.32 Å². The molecule has 1 atom stereocenters. The minimum Gasteiger partial charge on any atom is -0.326 e. The first-order valence-corrected chi connectivity index (χ1v) is 8.37. The predicted octanol–water partition coefficient (Wildman–Crippen LogP) is 4.88. The molecule has 0 saturated carbocycles. The molecule has 2 aromatic rings. The monoisotopic (exact) mass is 461 g/mol. The molecule has 0 fully saturated rings. The van der Waals surface area contributed by atoms with Crippen LogP contribution in [0.4, 0.5) is 5.69 Å². The third-order valence-corrected chi connectivity index (χ3v) is 5.24. The fourth-order valence-corrected chi connectivity index (χ4v) is 3.82. The molecule has 2 nitrogen and oxygen atoms in total. The van der Waals surface area contributed by atoms with E-state index in [0.29, 0.717) is 6.42 Å². The van der Waals surface area contributed by atoms with E-state index in [2.05, 4.69) is 43.8 Å². The Morgan fingerprint density at radius 2 is 2.05 bits per heavy atom. The van der Waals surface area contributed by atoms with Crippen LogP contribution >= 0.6 is 50.1 Å². The van der Waals surface area contributed by atoms with Gasteiger partial charge in [-0.05, 0) is 63.5 Å². The first-order valence-electron chi connectivity index (χ1n) is 6.06. The fraction of sp³-hybridized carbons (Fsp3) is 0.133. The van der Waals surface area contributed by atoms with Crippen molar-refractivity contribution in [2.45, 2.75) is 11.8 Å². The smallest absolute Gasteiger partial charge is 0.228 e. The maximum atomic E-state index is 11.4. The zero-order valence-electron chi connectivity index (χ0n) is 10.3. The van der Waals surface area contributed by atoms with E-state index in [1.165, 1.54) is 0 Å². The van der Waals surface area contributed by atoms with E-state index in [1.54, 1.807) is 0 Å². The number of rotatable bonds is 2. The SMILES string of the molecule is O=C1Cc2cc(C(Cl)c3cc(Br)ccc3I)ccc2N1. The summed E-state index contributed by atoms with van der Waals surface area (Å²) in [7, 11) is 0. The Hall–Kier alpha value is -0.590. The van der Waals surface area contributed by atoms with E-state index in [9.17, 15) is 4.79 Å². The molecule has 0 aliphatic carbocycles. The van der Waals surface area contributed by atoms with Crippen LogP contribution in [-0.4, -0.2) is 5.91 Å². The molecule has 2 aromatic carbocycles. The van der Waals surface area contributed by atoms with Crippen LogP contribution in [0.1, 0.15) is 22.1 Å². The van der Waals surface area contributed by atoms with Crippen molar-refractivity contribution in [3.05, 3.63) is 61.1 Å². The number of fused-ring (bicyclic) bond motifs is 1. The molecule has 1 amide bonds. The van der Waals surface area contributed by atoms with Crippen molar-refractivity contribution < 1.29 is 4.79 Å². The Morgan fingerprint density at radius 3 is 2.85 bits per heavy atom. The number of alkyl halides is 1. The second kappa shape index (κ2) is 5.66. The molecule has 102 valence electrons. The number of nitrogens with one attached hydrogen (secondary N) is 1. The van der Waals surface area contributed by atoms with Gasteiger partial charge < -0.3 is 5.32 Å². The summed E-state index contributed by atoms with van der Waals surface area (Å²) in [6.45, 7) is 0. The molecule has 1 aliphatic heterocycles. The fourth-order valence-electron chi connectivity index (χ4n) is 2.30. The summed E-state index contributed by atoms with van der Waals surface area (Å²) in [5, 5.41) is 2.61.